The fourth-order valence-corrected chi connectivity index (χ4v) is 7.67. The normalized spacial score (nSPS) is 13.2. The predicted octanol–water partition coefficient (Wildman–Crippen LogP) is 20.4. The van der Waals surface area contributed by atoms with Gasteiger partial charge in [0.1, 0.15) is 13.2 Å². The molecular weight excluding hydrogens is 913 g/mol. The molecule has 1 atom stereocenters. The highest BCUT2D eigenvalue weighted by Crippen LogP contribution is 2.13. The summed E-state index contributed by atoms with van der Waals surface area (Å²) in [5, 5.41) is 0. The number of esters is 3. The second-order valence-electron chi connectivity index (χ2n) is 19.1. The zero-order valence-corrected chi connectivity index (χ0v) is 47.5. The lowest BCUT2D eigenvalue weighted by atomic mass is 10.1. The maximum atomic E-state index is 12.8. The van der Waals surface area contributed by atoms with E-state index in [1.807, 2.05) is 12.2 Å². The molecule has 0 radical (unpaired) electrons. The number of carbonyl (C=O) groups excluding carboxylic acids is 3. The molecule has 0 saturated heterocycles. The first-order valence-corrected chi connectivity index (χ1v) is 29.8. The Kier molecular flexibility index (Phi) is 57.0. The van der Waals surface area contributed by atoms with E-state index in [2.05, 4.69) is 154 Å². The molecule has 0 bridgehead atoms. The van der Waals surface area contributed by atoms with E-state index in [4.69, 9.17) is 14.2 Å². The van der Waals surface area contributed by atoms with E-state index in [9.17, 15) is 14.4 Å². The number of rotatable bonds is 52. The highest BCUT2D eigenvalue weighted by molar-refractivity contribution is 5.71. The van der Waals surface area contributed by atoms with Gasteiger partial charge in [-0.3, -0.25) is 14.4 Å². The molecule has 1 unspecified atom stereocenters. The molecule has 416 valence electrons. The van der Waals surface area contributed by atoms with E-state index in [0.29, 0.717) is 19.3 Å². The topological polar surface area (TPSA) is 78.9 Å². The minimum atomic E-state index is -0.822. The van der Waals surface area contributed by atoms with E-state index >= 15 is 0 Å². The fourth-order valence-electron chi connectivity index (χ4n) is 7.67. The molecule has 0 heterocycles. The van der Waals surface area contributed by atoms with Crippen molar-refractivity contribution in [2.45, 2.75) is 252 Å². The van der Waals surface area contributed by atoms with Crippen LogP contribution in [-0.4, -0.2) is 37.2 Å². The molecule has 0 aliphatic carbocycles. The zero-order valence-electron chi connectivity index (χ0n) is 47.5. The van der Waals surface area contributed by atoms with Gasteiger partial charge in [-0.05, 0) is 128 Å². The molecule has 0 saturated carbocycles. The van der Waals surface area contributed by atoms with Crippen LogP contribution in [0.25, 0.3) is 0 Å². The number of hydrogen-bond donors (Lipinski definition) is 0. The van der Waals surface area contributed by atoms with Crippen LogP contribution < -0.4 is 0 Å². The zero-order chi connectivity index (χ0) is 53.6. The second kappa shape index (κ2) is 60.8. The largest absolute Gasteiger partial charge is 0.462 e. The van der Waals surface area contributed by atoms with Crippen molar-refractivity contribution in [2.75, 3.05) is 13.2 Å². The molecule has 0 rings (SSSR count). The lowest BCUT2D eigenvalue weighted by Crippen LogP contribution is -2.30. The van der Waals surface area contributed by atoms with Crippen LogP contribution in [0.3, 0.4) is 0 Å². The first-order valence-electron chi connectivity index (χ1n) is 29.8. The van der Waals surface area contributed by atoms with Crippen LogP contribution in [0.1, 0.15) is 245 Å². The van der Waals surface area contributed by atoms with Crippen LogP contribution in [0.15, 0.2) is 146 Å². The molecule has 0 spiro atoms. The smallest absolute Gasteiger partial charge is 0.306 e. The maximum absolute atomic E-state index is 12.8. The molecule has 0 fully saturated rings. The Bertz CT molecular complexity index is 1640. The van der Waals surface area contributed by atoms with Crippen LogP contribution in [0, 0.1) is 0 Å². The molecule has 0 amide bonds. The van der Waals surface area contributed by atoms with Gasteiger partial charge in [0, 0.05) is 19.3 Å². The van der Waals surface area contributed by atoms with Gasteiger partial charge in [0.2, 0.25) is 0 Å². The van der Waals surface area contributed by atoms with Crippen LogP contribution in [-0.2, 0) is 28.6 Å². The van der Waals surface area contributed by atoms with Crippen LogP contribution in [0.2, 0.25) is 0 Å². The van der Waals surface area contributed by atoms with Gasteiger partial charge in [0.15, 0.2) is 6.10 Å². The third-order valence-electron chi connectivity index (χ3n) is 12.1. The molecular formula is C68H108O6. The molecule has 0 aromatic heterocycles. The van der Waals surface area contributed by atoms with Gasteiger partial charge in [-0.25, -0.2) is 0 Å². The van der Waals surface area contributed by atoms with Gasteiger partial charge >= 0.3 is 17.9 Å². The third kappa shape index (κ3) is 58.2. The monoisotopic (exact) mass is 1020 g/mol. The van der Waals surface area contributed by atoms with Gasteiger partial charge in [-0.2, -0.15) is 0 Å². The van der Waals surface area contributed by atoms with Crippen LogP contribution in [0.5, 0.6) is 0 Å². The Morgan fingerprint density at radius 1 is 0.284 bits per heavy atom. The van der Waals surface area contributed by atoms with Crippen LogP contribution in [0.4, 0.5) is 0 Å². The Balaban J connectivity index is 4.38. The van der Waals surface area contributed by atoms with Crippen molar-refractivity contribution in [3.8, 4) is 0 Å². The fraction of sp³-hybridized carbons (Fsp3) is 0.603. The summed E-state index contributed by atoms with van der Waals surface area (Å²) in [6.45, 7) is 6.31. The quantitative estimate of drug-likeness (QED) is 0.0261. The summed E-state index contributed by atoms with van der Waals surface area (Å²) in [6, 6.07) is 0. The highest BCUT2D eigenvalue weighted by Gasteiger charge is 2.19. The number of unbranched alkanes of at least 4 members (excludes halogenated alkanes) is 17. The minimum Gasteiger partial charge on any atom is -0.462 e. The number of carbonyl (C=O) groups is 3. The Morgan fingerprint density at radius 3 is 0.919 bits per heavy atom. The van der Waals surface area contributed by atoms with E-state index in [1.165, 1.54) is 70.6 Å². The average Bonchev–Trinajstić information content (AvgIpc) is 3.40. The van der Waals surface area contributed by atoms with Crippen molar-refractivity contribution in [1.82, 2.24) is 0 Å². The first-order chi connectivity index (χ1) is 36.5. The molecule has 0 aromatic rings. The van der Waals surface area contributed by atoms with Gasteiger partial charge in [-0.15, -0.1) is 0 Å². The SMILES string of the molecule is CC/C=C\C/C=C\C/C=C\C/C=C\C/C=C\C/C=C\C/C=C\CCCCCCCCCC(=O)OCC(COC(=O)CC/C=C\C/C=C\C/C=C\C/C=C\CC)OC(=O)CCCCCCC/C=C\CCCCCCC. The van der Waals surface area contributed by atoms with E-state index in [-0.39, 0.29) is 37.5 Å². The van der Waals surface area contributed by atoms with E-state index < -0.39 is 6.10 Å². The first kappa shape index (κ1) is 69.3. The van der Waals surface area contributed by atoms with Gasteiger partial charge in [0.05, 0.1) is 0 Å². The van der Waals surface area contributed by atoms with Crippen molar-refractivity contribution >= 4 is 17.9 Å². The van der Waals surface area contributed by atoms with Crippen molar-refractivity contribution in [2.24, 2.45) is 0 Å². The molecule has 6 heteroatoms. The van der Waals surface area contributed by atoms with E-state index in [1.54, 1.807) is 0 Å². The molecule has 74 heavy (non-hydrogen) atoms. The highest BCUT2D eigenvalue weighted by atomic mass is 16.6. The summed E-state index contributed by atoms with van der Waals surface area (Å²) in [5.74, 6) is -1.02. The molecule has 0 N–H and O–H groups in total. The molecule has 6 nitrogen and oxygen atoms in total. The average molecular weight is 1020 g/mol. The van der Waals surface area contributed by atoms with Crippen molar-refractivity contribution in [3.63, 3.8) is 0 Å². The third-order valence-corrected chi connectivity index (χ3v) is 12.1. The van der Waals surface area contributed by atoms with Crippen molar-refractivity contribution in [3.05, 3.63) is 146 Å². The molecule has 0 aliphatic heterocycles. The Morgan fingerprint density at radius 2 is 0.554 bits per heavy atom. The summed E-state index contributed by atoms with van der Waals surface area (Å²) in [4.78, 5) is 38.1. The summed E-state index contributed by atoms with van der Waals surface area (Å²) < 4.78 is 16.8. The van der Waals surface area contributed by atoms with Crippen molar-refractivity contribution < 1.29 is 28.6 Å². The van der Waals surface area contributed by atoms with Crippen molar-refractivity contribution in [1.29, 1.82) is 0 Å². The predicted molar refractivity (Wildman–Crippen MR) is 320 cm³/mol. The Labute approximate surface area is 455 Å². The number of allylic oxidation sites excluding steroid dienone is 24. The van der Waals surface area contributed by atoms with Gasteiger partial charge < -0.3 is 14.2 Å². The van der Waals surface area contributed by atoms with E-state index in [0.717, 1.165) is 128 Å². The lowest BCUT2D eigenvalue weighted by molar-refractivity contribution is -0.166. The molecule has 0 aromatic carbocycles. The molecule has 0 aliphatic rings. The summed E-state index contributed by atoms with van der Waals surface area (Å²) in [6.07, 6.45) is 87.2. The second-order valence-corrected chi connectivity index (χ2v) is 19.1. The number of hydrogen-bond acceptors (Lipinski definition) is 6. The minimum absolute atomic E-state index is 0.114. The van der Waals surface area contributed by atoms with Gasteiger partial charge in [-0.1, -0.05) is 244 Å². The Hall–Kier alpha value is -4.71. The lowest BCUT2D eigenvalue weighted by Gasteiger charge is -2.18. The maximum Gasteiger partial charge on any atom is 0.306 e. The standard InChI is InChI=1S/C68H108O6/c1-4-7-10-13-16-19-22-25-27-28-29-30-31-32-33-34-35-36-37-38-39-40-41-44-46-49-52-55-58-61-67(70)73-64-65(63-72-66(69)60-57-54-51-48-45-42-24-21-18-15-12-9-6-3)74-68(71)62-59-56-53-50-47-43-26-23-20-17-14-11-8-5-2/h7,9-10,12,16,18-19,21,23,25-27,29-30,32-33,35-36,38-39,42,45,51,54,65H,4-6,8,11,13-15,17,20,22,24,28,31,34,37,40-41,43-44,46-50,52-53,55-64H2,1-3H3/b10-7-,12-9-,19-16-,21-18-,26-23-,27-25-,30-29-,33-32-,36-35-,39-38-,45-42-,54-51-. The summed E-state index contributed by atoms with van der Waals surface area (Å²) in [7, 11) is 0. The number of ether oxygens (including phenoxy) is 3. The van der Waals surface area contributed by atoms with Crippen LogP contribution >= 0.6 is 0 Å². The summed E-state index contributed by atoms with van der Waals surface area (Å²) >= 11 is 0. The van der Waals surface area contributed by atoms with Gasteiger partial charge in [0.25, 0.3) is 0 Å². The summed E-state index contributed by atoms with van der Waals surface area (Å²) in [5.41, 5.74) is 0.